The Bertz CT molecular complexity index is 417. The second-order valence-electron chi connectivity index (χ2n) is 4.67. The summed E-state index contributed by atoms with van der Waals surface area (Å²) in [6, 6.07) is -0.292. The van der Waals surface area contributed by atoms with Gasteiger partial charge in [0.05, 0.1) is 10.8 Å². The Morgan fingerprint density at radius 3 is 2.50 bits per heavy atom. The van der Waals surface area contributed by atoms with Crippen LogP contribution in [0.25, 0.3) is 0 Å². The molecule has 92 valence electrons. The number of aromatic amines is 1. The maximum absolute atomic E-state index is 12.0. The van der Waals surface area contributed by atoms with Crippen molar-refractivity contribution >= 4 is 10.0 Å². The number of imidazole rings is 1. The predicted octanol–water partition coefficient (Wildman–Crippen LogP) is 1.58. The Balaban J connectivity index is 2.88. The van der Waals surface area contributed by atoms with Crippen molar-refractivity contribution in [1.82, 2.24) is 14.7 Å². The smallest absolute Gasteiger partial charge is 0.217 e. The minimum atomic E-state index is -3.35. The number of sulfonamides is 1. The van der Waals surface area contributed by atoms with Crippen LogP contribution in [0.3, 0.4) is 0 Å². The summed E-state index contributed by atoms with van der Waals surface area (Å²) in [5, 5.41) is 0. The van der Waals surface area contributed by atoms with E-state index in [9.17, 15) is 8.42 Å². The van der Waals surface area contributed by atoms with Gasteiger partial charge in [-0.05, 0) is 27.2 Å². The molecule has 1 aromatic rings. The third kappa shape index (κ3) is 2.82. The summed E-state index contributed by atoms with van der Waals surface area (Å²) in [5.41, 5.74) is 0. The highest BCUT2D eigenvalue weighted by Crippen LogP contribution is 2.19. The van der Waals surface area contributed by atoms with Gasteiger partial charge >= 0.3 is 0 Å². The van der Waals surface area contributed by atoms with Gasteiger partial charge < -0.3 is 4.98 Å². The third-order valence-corrected chi connectivity index (χ3v) is 4.57. The van der Waals surface area contributed by atoms with Gasteiger partial charge in [-0.2, -0.15) is 0 Å². The lowest BCUT2D eigenvalue weighted by molar-refractivity contribution is 0.512. The average molecular weight is 245 g/mol. The lowest BCUT2D eigenvalue weighted by Crippen LogP contribution is -2.41. The second-order valence-corrected chi connectivity index (χ2v) is 7.14. The molecule has 0 bridgehead atoms. The summed E-state index contributed by atoms with van der Waals surface area (Å²) in [6.07, 6.45) is 3.95. The van der Waals surface area contributed by atoms with Gasteiger partial charge in [-0.25, -0.2) is 18.1 Å². The molecular formula is C10H19N3O2S. The summed E-state index contributed by atoms with van der Waals surface area (Å²) in [6.45, 7) is 6.93. The number of aromatic nitrogens is 2. The van der Waals surface area contributed by atoms with E-state index >= 15 is 0 Å². The van der Waals surface area contributed by atoms with Crippen molar-refractivity contribution in [3.05, 3.63) is 18.2 Å². The zero-order chi connectivity index (χ0) is 12.4. The minimum absolute atomic E-state index is 0.292. The second kappa shape index (κ2) is 4.55. The van der Waals surface area contributed by atoms with Gasteiger partial charge in [0, 0.05) is 12.4 Å². The summed E-state index contributed by atoms with van der Waals surface area (Å²) in [4.78, 5) is 7.00. The maximum atomic E-state index is 12.0. The molecule has 0 spiro atoms. The van der Waals surface area contributed by atoms with Gasteiger partial charge in [0.15, 0.2) is 0 Å². The Kier molecular flexibility index (Phi) is 3.75. The number of nitrogens with zero attached hydrogens (tertiary/aromatic N) is 1. The molecule has 2 N–H and O–H groups in total. The zero-order valence-corrected chi connectivity index (χ0v) is 10.9. The molecule has 1 unspecified atom stereocenters. The molecule has 1 rings (SSSR count). The van der Waals surface area contributed by atoms with E-state index in [-0.39, 0.29) is 6.04 Å². The van der Waals surface area contributed by atoms with Gasteiger partial charge in [-0.3, -0.25) is 0 Å². The van der Waals surface area contributed by atoms with Crippen LogP contribution < -0.4 is 4.72 Å². The van der Waals surface area contributed by atoms with Crippen molar-refractivity contribution in [1.29, 1.82) is 0 Å². The summed E-state index contributed by atoms with van der Waals surface area (Å²) >= 11 is 0. The molecule has 0 radical (unpaired) electrons. The molecule has 1 atom stereocenters. The standard InChI is InChI=1S/C10H19N3O2S/c1-5-8(9-11-6-7-12-9)13-16(14,15)10(2,3)4/h6-8,13H,5H2,1-4H3,(H,11,12). The maximum Gasteiger partial charge on any atom is 0.217 e. The Hall–Kier alpha value is -0.880. The van der Waals surface area contributed by atoms with Crippen LogP contribution in [0, 0.1) is 0 Å². The highest BCUT2D eigenvalue weighted by molar-refractivity contribution is 7.90. The first-order valence-electron chi connectivity index (χ1n) is 5.29. The monoisotopic (exact) mass is 245 g/mol. The van der Waals surface area contributed by atoms with Gasteiger partial charge in [0.1, 0.15) is 5.82 Å². The molecule has 5 nitrogen and oxygen atoms in total. The highest BCUT2D eigenvalue weighted by atomic mass is 32.2. The fourth-order valence-corrected chi connectivity index (χ4v) is 2.17. The first-order valence-corrected chi connectivity index (χ1v) is 6.77. The molecule has 0 aliphatic rings. The van der Waals surface area contributed by atoms with Crippen molar-refractivity contribution in [2.24, 2.45) is 0 Å². The first kappa shape index (κ1) is 13.2. The Morgan fingerprint density at radius 1 is 1.50 bits per heavy atom. The third-order valence-electron chi connectivity index (χ3n) is 2.36. The molecule has 0 amide bonds. The fraction of sp³-hybridized carbons (Fsp3) is 0.700. The van der Waals surface area contributed by atoms with E-state index in [1.165, 1.54) is 0 Å². The van der Waals surface area contributed by atoms with Crippen LogP contribution >= 0.6 is 0 Å². The van der Waals surface area contributed by atoms with Gasteiger partial charge in [-0.1, -0.05) is 6.92 Å². The Labute approximate surface area is 96.7 Å². The SMILES string of the molecule is CCC(NS(=O)(=O)C(C)(C)C)c1ncc[nH]1. The van der Waals surface area contributed by atoms with Crippen LogP contribution in [0.15, 0.2) is 12.4 Å². The number of hydrogen-bond donors (Lipinski definition) is 2. The van der Waals surface area contributed by atoms with E-state index in [4.69, 9.17) is 0 Å². The van der Waals surface area contributed by atoms with Crippen LogP contribution in [-0.4, -0.2) is 23.1 Å². The summed E-state index contributed by atoms with van der Waals surface area (Å²) in [7, 11) is -3.35. The van der Waals surface area contributed by atoms with Crippen molar-refractivity contribution in [2.75, 3.05) is 0 Å². The van der Waals surface area contributed by atoms with E-state index in [1.807, 2.05) is 6.92 Å². The molecular weight excluding hydrogens is 226 g/mol. The van der Waals surface area contributed by atoms with Crippen LogP contribution in [0.2, 0.25) is 0 Å². The number of nitrogens with one attached hydrogen (secondary N) is 2. The zero-order valence-electron chi connectivity index (χ0n) is 10.1. The topological polar surface area (TPSA) is 74.8 Å². The quantitative estimate of drug-likeness (QED) is 0.845. The number of H-pyrrole nitrogens is 1. The molecule has 0 saturated carbocycles. The van der Waals surface area contributed by atoms with E-state index in [2.05, 4.69) is 14.7 Å². The molecule has 0 fully saturated rings. The van der Waals surface area contributed by atoms with Gasteiger partial charge in [0.2, 0.25) is 10.0 Å². The largest absolute Gasteiger partial charge is 0.347 e. The van der Waals surface area contributed by atoms with E-state index in [1.54, 1.807) is 33.2 Å². The molecule has 6 heteroatoms. The highest BCUT2D eigenvalue weighted by Gasteiger charge is 2.31. The van der Waals surface area contributed by atoms with Crippen molar-refractivity contribution in [3.63, 3.8) is 0 Å². The molecule has 0 saturated heterocycles. The molecule has 0 aliphatic carbocycles. The van der Waals surface area contributed by atoms with Gasteiger partial charge in [0.25, 0.3) is 0 Å². The fourth-order valence-electron chi connectivity index (χ4n) is 1.16. The number of rotatable bonds is 4. The first-order chi connectivity index (χ1) is 7.28. The van der Waals surface area contributed by atoms with Crippen LogP contribution in [-0.2, 0) is 10.0 Å². The van der Waals surface area contributed by atoms with Crippen molar-refractivity contribution in [2.45, 2.75) is 44.9 Å². The Morgan fingerprint density at radius 2 is 2.12 bits per heavy atom. The summed E-state index contributed by atoms with van der Waals surface area (Å²) in [5.74, 6) is 0.648. The molecule has 1 aromatic heterocycles. The molecule has 0 aliphatic heterocycles. The summed E-state index contributed by atoms with van der Waals surface area (Å²) < 4.78 is 25.8. The minimum Gasteiger partial charge on any atom is -0.347 e. The van der Waals surface area contributed by atoms with Crippen LogP contribution in [0.5, 0.6) is 0 Å². The van der Waals surface area contributed by atoms with E-state index in [0.29, 0.717) is 12.2 Å². The average Bonchev–Trinajstić information content (AvgIpc) is 2.65. The van der Waals surface area contributed by atoms with Gasteiger partial charge in [-0.15, -0.1) is 0 Å². The van der Waals surface area contributed by atoms with Crippen molar-refractivity contribution in [3.8, 4) is 0 Å². The lowest BCUT2D eigenvalue weighted by Gasteiger charge is -2.23. The molecule has 16 heavy (non-hydrogen) atoms. The number of hydrogen-bond acceptors (Lipinski definition) is 3. The van der Waals surface area contributed by atoms with E-state index < -0.39 is 14.8 Å². The lowest BCUT2D eigenvalue weighted by atomic mass is 10.2. The predicted molar refractivity (Wildman–Crippen MR) is 63.4 cm³/mol. The van der Waals surface area contributed by atoms with Crippen LogP contribution in [0.4, 0.5) is 0 Å². The van der Waals surface area contributed by atoms with Crippen LogP contribution in [0.1, 0.15) is 46.0 Å². The van der Waals surface area contributed by atoms with E-state index in [0.717, 1.165) is 0 Å². The normalized spacial score (nSPS) is 15.0. The van der Waals surface area contributed by atoms with Crippen molar-refractivity contribution < 1.29 is 8.42 Å². The molecule has 1 heterocycles. The molecule has 0 aromatic carbocycles.